The molecule has 1 aliphatic carbocycles. The van der Waals surface area contributed by atoms with Crippen molar-refractivity contribution >= 4 is 40.7 Å². The summed E-state index contributed by atoms with van der Waals surface area (Å²) in [5.41, 5.74) is 6.01. The van der Waals surface area contributed by atoms with Crippen molar-refractivity contribution in [3.63, 3.8) is 0 Å². The summed E-state index contributed by atoms with van der Waals surface area (Å²) in [5, 5.41) is 9.57. The third-order valence-electron chi connectivity index (χ3n) is 7.37. The predicted molar refractivity (Wildman–Crippen MR) is 155 cm³/mol. The van der Waals surface area contributed by atoms with Crippen LogP contribution in [0, 0.1) is 0 Å². The topological polar surface area (TPSA) is 84.8 Å². The van der Waals surface area contributed by atoms with Crippen LogP contribution >= 0.6 is 22.9 Å². The maximum atomic E-state index is 13.9. The van der Waals surface area contributed by atoms with E-state index in [1.807, 2.05) is 24.3 Å². The minimum absolute atomic E-state index is 0.00289. The number of allylic oxidation sites excluding steroid dienone is 1. The number of halogens is 1. The first kappa shape index (κ1) is 24.6. The number of aromatic carboxylic acids is 1. The van der Waals surface area contributed by atoms with Crippen molar-refractivity contribution in [3.05, 3.63) is 143 Å². The lowest BCUT2D eigenvalue weighted by atomic mass is 9.83. The highest BCUT2D eigenvalue weighted by Gasteiger charge is 2.32. The molecule has 1 N–H and O–H groups in total. The normalized spacial score (nSPS) is 16.2. The average Bonchev–Trinajstić information content (AvgIpc) is 3.56. The van der Waals surface area contributed by atoms with Crippen LogP contribution in [0.2, 0.25) is 5.02 Å². The summed E-state index contributed by atoms with van der Waals surface area (Å²) >= 11 is 7.36. The van der Waals surface area contributed by atoms with E-state index in [1.54, 1.807) is 28.8 Å². The Morgan fingerprint density at radius 2 is 1.82 bits per heavy atom. The molecule has 3 aromatic carbocycles. The molecule has 0 unspecified atom stereocenters. The fourth-order valence-electron chi connectivity index (χ4n) is 5.51. The fraction of sp³-hybridized carbons (Fsp3) is 0.0938. The third-order valence-corrected chi connectivity index (χ3v) is 8.68. The van der Waals surface area contributed by atoms with Crippen LogP contribution in [0.3, 0.4) is 0 Å². The average molecular weight is 565 g/mol. The standard InChI is InChI=1S/C32H21ClN2O4S/c33-25-14-11-20(16-24(25)31(37)38)26-15-12-21(39-26)17-27-30(36)35-29(19-7-2-1-3-8-19)23-13-10-18-6-4-5-9-22(18)28(23)34-32(35)40-27/h1-9,11-12,14-17,29H,10,13H2,(H,37,38)/b27-17-/t29-/m1/s1. The Kier molecular flexibility index (Phi) is 5.91. The molecule has 1 aliphatic heterocycles. The molecule has 0 amide bonds. The second-order valence-electron chi connectivity index (χ2n) is 9.73. The van der Waals surface area contributed by atoms with E-state index in [9.17, 15) is 14.7 Å². The first-order valence-electron chi connectivity index (χ1n) is 12.8. The van der Waals surface area contributed by atoms with Crippen molar-refractivity contribution in [2.45, 2.75) is 18.9 Å². The molecule has 8 heteroatoms. The van der Waals surface area contributed by atoms with Crippen molar-refractivity contribution in [1.82, 2.24) is 4.57 Å². The SMILES string of the molecule is O=C(O)c1cc(-c2ccc(/C=c3\sc4n(c3=O)[C@H](c3ccccc3)C3=C(N=4)c4ccccc4CC3)o2)ccc1Cl. The van der Waals surface area contributed by atoms with Crippen molar-refractivity contribution < 1.29 is 14.3 Å². The largest absolute Gasteiger partial charge is 0.478 e. The number of aryl methyl sites for hydroxylation is 1. The van der Waals surface area contributed by atoms with Gasteiger partial charge in [-0.2, -0.15) is 0 Å². The molecule has 196 valence electrons. The first-order valence-corrected chi connectivity index (χ1v) is 14.0. The Bertz CT molecular complexity index is 2030. The minimum Gasteiger partial charge on any atom is -0.478 e. The van der Waals surface area contributed by atoms with Crippen LogP contribution in [0.25, 0.3) is 23.1 Å². The number of carboxylic acid groups (broad SMARTS) is 1. The molecule has 2 aromatic heterocycles. The molecule has 6 nitrogen and oxygen atoms in total. The van der Waals surface area contributed by atoms with Crippen LogP contribution in [-0.4, -0.2) is 15.6 Å². The van der Waals surface area contributed by atoms with Gasteiger partial charge in [0.15, 0.2) is 4.80 Å². The zero-order valence-electron chi connectivity index (χ0n) is 21.0. The number of fused-ring (bicyclic) bond motifs is 3. The van der Waals surface area contributed by atoms with Crippen LogP contribution in [-0.2, 0) is 6.42 Å². The van der Waals surface area contributed by atoms with Crippen LogP contribution in [0.5, 0.6) is 0 Å². The van der Waals surface area contributed by atoms with Crippen molar-refractivity contribution in [1.29, 1.82) is 0 Å². The van der Waals surface area contributed by atoms with E-state index in [-0.39, 0.29) is 22.2 Å². The van der Waals surface area contributed by atoms with E-state index in [4.69, 9.17) is 21.0 Å². The molecular weight excluding hydrogens is 544 g/mol. The van der Waals surface area contributed by atoms with Gasteiger partial charge in [-0.3, -0.25) is 9.36 Å². The van der Waals surface area contributed by atoms with Crippen LogP contribution < -0.4 is 14.9 Å². The smallest absolute Gasteiger partial charge is 0.337 e. The Morgan fingerprint density at radius 3 is 2.65 bits per heavy atom. The molecule has 0 spiro atoms. The van der Waals surface area contributed by atoms with Gasteiger partial charge in [-0.1, -0.05) is 77.5 Å². The van der Waals surface area contributed by atoms with Gasteiger partial charge in [0.1, 0.15) is 11.5 Å². The highest BCUT2D eigenvalue weighted by Crippen LogP contribution is 2.41. The number of carboxylic acids is 1. The summed E-state index contributed by atoms with van der Waals surface area (Å²) in [4.78, 5) is 31.1. The van der Waals surface area contributed by atoms with Gasteiger partial charge in [0.05, 0.1) is 26.9 Å². The van der Waals surface area contributed by atoms with Gasteiger partial charge in [-0.05, 0) is 59.9 Å². The van der Waals surface area contributed by atoms with Crippen molar-refractivity contribution in [2.75, 3.05) is 0 Å². The summed E-state index contributed by atoms with van der Waals surface area (Å²) in [6, 6.07) is 26.4. The Balaban J connectivity index is 1.36. The van der Waals surface area contributed by atoms with Gasteiger partial charge in [0, 0.05) is 17.2 Å². The van der Waals surface area contributed by atoms with Gasteiger partial charge in [0.2, 0.25) is 0 Å². The fourth-order valence-corrected chi connectivity index (χ4v) is 6.69. The number of aromatic nitrogens is 1. The maximum Gasteiger partial charge on any atom is 0.337 e. The monoisotopic (exact) mass is 564 g/mol. The van der Waals surface area contributed by atoms with Crippen LogP contribution in [0.4, 0.5) is 0 Å². The quantitative estimate of drug-likeness (QED) is 0.293. The van der Waals surface area contributed by atoms with Gasteiger partial charge < -0.3 is 9.52 Å². The molecule has 0 fully saturated rings. The van der Waals surface area contributed by atoms with E-state index in [2.05, 4.69) is 30.3 Å². The molecule has 7 rings (SSSR count). The van der Waals surface area contributed by atoms with Crippen LogP contribution in [0.1, 0.15) is 45.3 Å². The van der Waals surface area contributed by atoms with Gasteiger partial charge in [-0.25, -0.2) is 9.79 Å². The molecule has 0 bridgehead atoms. The maximum absolute atomic E-state index is 13.9. The first-order chi connectivity index (χ1) is 19.5. The highest BCUT2D eigenvalue weighted by molar-refractivity contribution is 7.07. The molecule has 0 radical (unpaired) electrons. The zero-order chi connectivity index (χ0) is 27.4. The minimum atomic E-state index is -1.11. The number of nitrogens with zero attached hydrogens (tertiary/aromatic N) is 2. The second kappa shape index (κ2) is 9.62. The predicted octanol–water partition coefficient (Wildman–Crippen LogP) is 5.93. The molecule has 3 heterocycles. The Morgan fingerprint density at radius 1 is 1.02 bits per heavy atom. The number of thiazole rings is 1. The van der Waals surface area contributed by atoms with E-state index >= 15 is 0 Å². The molecule has 0 saturated carbocycles. The molecule has 40 heavy (non-hydrogen) atoms. The number of benzene rings is 3. The molecule has 1 atom stereocenters. The summed E-state index contributed by atoms with van der Waals surface area (Å²) < 4.78 is 8.33. The number of hydrogen-bond donors (Lipinski definition) is 1. The van der Waals surface area contributed by atoms with Crippen molar-refractivity contribution in [3.8, 4) is 11.3 Å². The lowest BCUT2D eigenvalue weighted by Gasteiger charge is -2.30. The lowest BCUT2D eigenvalue weighted by molar-refractivity contribution is 0.0697. The zero-order valence-corrected chi connectivity index (χ0v) is 22.6. The summed E-state index contributed by atoms with van der Waals surface area (Å²) in [6.45, 7) is 0. The second-order valence-corrected chi connectivity index (χ2v) is 11.1. The van der Waals surface area contributed by atoms with E-state index in [1.165, 1.54) is 29.0 Å². The number of rotatable bonds is 4. The van der Waals surface area contributed by atoms with E-state index in [0.29, 0.717) is 26.4 Å². The third kappa shape index (κ3) is 4.06. The summed E-state index contributed by atoms with van der Waals surface area (Å²) in [5.74, 6) is -0.150. The van der Waals surface area contributed by atoms with Gasteiger partial charge >= 0.3 is 5.97 Å². The number of furan rings is 1. The lowest BCUT2D eigenvalue weighted by Crippen LogP contribution is -2.38. The Hall–Kier alpha value is -4.46. The van der Waals surface area contributed by atoms with E-state index < -0.39 is 5.97 Å². The molecular formula is C32H21ClN2O4S. The molecule has 2 aliphatic rings. The van der Waals surface area contributed by atoms with Gasteiger partial charge in [-0.15, -0.1) is 0 Å². The molecule has 0 saturated heterocycles. The summed E-state index contributed by atoms with van der Waals surface area (Å²) in [6.07, 6.45) is 3.46. The summed E-state index contributed by atoms with van der Waals surface area (Å²) in [7, 11) is 0. The number of carbonyl (C=O) groups is 1. The highest BCUT2D eigenvalue weighted by atomic mass is 35.5. The van der Waals surface area contributed by atoms with Gasteiger partial charge in [0.25, 0.3) is 5.56 Å². The Labute approximate surface area is 237 Å². The molecule has 5 aromatic rings. The van der Waals surface area contributed by atoms with E-state index in [0.717, 1.165) is 35.2 Å². The van der Waals surface area contributed by atoms with Crippen LogP contribution in [0.15, 0.2) is 105 Å². The number of hydrogen-bond acceptors (Lipinski definition) is 5. The van der Waals surface area contributed by atoms with Crippen molar-refractivity contribution in [2.24, 2.45) is 4.99 Å².